The van der Waals surface area contributed by atoms with Crippen LogP contribution in [0.25, 0.3) is 16.3 Å². The van der Waals surface area contributed by atoms with Gasteiger partial charge in [-0.2, -0.15) is 4.99 Å². The van der Waals surface area contributed by atoms with Gasteiger partial charge in [0.1, 0.15) is 15.9 Å². The molecular weight excluding hydrogens is 368 g/mol. The molecule has 0 aliphatic carbocycles. The smallest absolute Gasteiger partial charge is 0.439 e. The Morgan fingerprint density at radius 3 is 3.05 bits per heavy atom. The molecule has 108 valence electrons. The Balaban J connectivity index is 1.93. The van der Waals surface area contributed by atoms with E-state index in [2.05, 4.69) is 25.9 Å². The number of thiophene rings is 1. The van der Waals surface area contributed by atoms with Gasteiger partial charge in [0, 0.05) is 10.7 Å². The Morgan fingerprint density at radius 2 is 2.23 bits per heavy atom. The van der Waals surface area contributed by atoms with Gasteiger partial charge in [-0.25, -0.2) is 9.78 Å². The number of pyridine rings is 1. The average Bonchev–Trinajstić information content (AvgIpc) is 3.00. The molecule has 1 amide bonds. The molecule has 3 heterocycles. The van der Waals surface area contributed by atoms with Gasteiger partial charge in [0.2, 0.25) is 0 Å². The molecule has 0 saturated carbocycles. The lowest BCUT2D eigenvalue weighted by molar-refractivity contribution is 0.215. The maximum absolute atomic E-state index is 11.2. The number of carbonyl (C=O) groups excluding carboxylic acids is 1. The van der Waals surface area contributed by atoms with Crippen molar-refractivity contribution in [1.29, 1.82) is 0 Å². The molecule has 5 nitrogen and oxygen atoms in total. The lowest BCUT2D eigenvalue weighted by Crippen LogP contribution is -2.10. The SMILES string of the molecule is O=C1N=c2cc(Br)c(=Cc3sc4ncccc4c3O)cc2O1. The van der Waals surface area contributed by atoms with Crippen LogP contribution in [-0.2, 0) is 0 Å². The minimum atomic E-state index is -0.618. The average molecular weight is 375 g/mol. The van der Waals surface area contributed by atoms with Crippen LogP contribution < -0.4 is 15.3 Å². The van der Waals surface area contributed by atoms with Gasteiger partial charge in [0.25, 0.3) is 0 Å². The highest BCUT2D eigenvalue weighted by Gasteiger charge is 2.15. The van der Waals surface area contributed by atoms with E-state index < -0.39 is 6.09 Å². The molecule has 1 aliphatic rings. The Kier molecular flexibility index (Phi) is 2.98. The van der Waals surface area contributed by atoms with Crippen LogP contribution in [0.5, 0.6) is 11.5 Å². The van der Waals surface area contributed by atoms with Crippen LogP contribution in [0.3, 0.4) is 0 Å². The van der Waals surface area contributed by atoms with Crippen molar-refractivity contribution < 1.29 is 14.6 Å². The molecule has 0 saturated heterocycles. The molecule has 0 fully saturated rings. The number of ether oxygens (including phenoxy) is 1. The van der Waals surface area contributed by atoms with E-state index in [1.165, 1.54) is 11.3 Å². The van der Waals surface area contributed by atoms with Gasteiger partial charge in [0.05, 0.1) is 10.3 Å². The molecular formula is C15H7BrN2O3S. The fraction of sp³-hybridized carbons (Fsp3) is 0. The van der Waals surface area contributed by atoms with Gasteiger partial charge < -0.3 is 9.84 Å². The summed E-state index contributed by atoms with van der Waals surface area (Å²) in [5.74, 6) is 0.611. The zero-order chi connectivity index (χ0) is 15.3. The highest BCUT2D eigenvalue weighted by atomic mass is 79.9. The molecule has 0 unspecified atom stereocenters. The molecule has 1 aliphatic heterocycles. The summed E-state index contributed by atoms with van der Waals surface area (Å²) in [7, 11) is 0. The quantitative estimate of drug-likeness (QED) is 0.710. The lowest BCUT2D eigenvalue weighted by atomic mass is 10.2. The van der Waals surface area contributed by atoms with Crippen LogP contribution in [0.1, 0.15) is 4.88 Å². The first kappa shape index (κ1) is 13.4. The van der Waals surface area contributed by atoms with Crippen LogP contribution in [-0.4, -0.2) is 16.2 Å². The molecule has 3 aromatic rings. The van der Waals surface area contributed by atoms with Gasteiger partial charge in [0.15, 0.2) is 5.75 Å². The number of rotatable bonds is 1. The van der Waals surface area contributed by atoms with E-state index in [1.54, 1.807) is 24.4 Å². The molecule has 0 bridgehead atoms. The van der Waals surface area contributed by atoms with E-state index in [-0.39, 0.29) is 5.75 Å². The third-order valence-electron chi connectivity index (χ3n) is 3.24. The second-order valence-electron chi connectivity index (χ2n) is 4.64. The van der Waals surface area contributed by atoms with Crippen molar-refractivity contribution in [3.8, 4) is 11.5 Å². The lowest BCUT2D eigenvalue weighted by Gasteiger charge is -1.97. The fourth-order valence-electron chi connectivity index (χ4n) is 2.23. The Hall–Kier alpha value is -2.25. The van der Waals surface area contributed by atoms with Gasteiger partial charge in [-0.1, -0.05) is 15.9 Å². The fourth-order valence-corrected chi connectivity index (χ4v) is 3.67. The summed E-state index contributed by atoms with van der Waals surface area (Å²) in [6.07, 6.45) is 2.89. The number of hydrogen-bond acceptors (Lipinski definition) is 5. The predicted octanol–water partition coefficient (Wildman–Crippen LogP) is 2.73. The van der Waals surface area contributed by atoms with E-state index in [0.29, 0.717) is 16.0 Å². The molecule has 7 heteroatoms. The number of benzene rings is 1. The van der Waals surface area contributed by atoms with E-state index in [1.807, 2.05) is 12.1 Å². The minimum absolute atomic E-state index is 0.196. The maximum atomic E-state index is 11.2. The van der Waals surface area contributed by atoms with Crippen molar-refractivity contribution in [2.75, 3.05) is 0 Å². The third kappa shape index (κ3) is 2.10. The topological polar surface area (TPSA) is 71.8 Å². The van der Waals surface area contributed by atoms with Crippen molar-refractivity contribution in [2.24, 2.45) is 4.99 Å². The Morgan fingerprint density at radius 1 is 1.36 bits per heavy atom. The first-order valence-corrected chi connectivity index (χ1v) is 7.91. The summed E-state index contributed by atoms with van der Waals surface area (Å²) in [5.41, 5.74) is 0. The van der Waals surface area contributed by atoms with Crippen molar-refractivity contribution in [3.63, 3.8) is 0 Å². The number of aromatic hydroxyl groups is 1. The van der Waals surface area contributed by atoms with Crippen LogP contribution in [0.15, 0.2) is 39.9 Å². The summed E-state index contributed by atoms with van der Waals surface area (Å²) < 4.78 is 5.77. The van der Waals surface area contributed by atoms with Gasteiger partial charge >= 0.3 is 6.09 Å². The highest BCUT2D eigenvalue weighted by Crippen LogP contribution is 2.35. The number of aromatic nitrogens is 1. The number of hydrogen-bond donors (Lipinski definition) is 1. The van der Waals surface area contributed by atoms with Crippen molar-refractivity contribution in [2.45, 2.75) is 0 Å². The number of fused-ring (bicyclic) bond motifs is 2. The highest BCUT2D eigenvalue weighted by molar-refractivity contribution is 9.10. The molecule has 0 atom stereocenters. The van der Waals surface area contributed by atoms with Crippen LogP contribution in [0.4, 0.5) is 4.79 Å². The largest absolute Gasteiger partial charge is 0.506 e. The summed E-state index contributed by atoms with van der Waals surface area (Å²) in [6.45, 7) is 0. The number of amides is 1. The minimum Gasteiger partial charge on any atom is -0.506 e. The predicted molar refractivity (Wildman–Crippen MR) is 85.8 cm³/mol. The summed E-state index contributed by atoms with van der Waals surface area (Å²) in [5, 5.41) is 12.3. The third-order valence-corrected chi connectivity index (χ3v) is 4.98. The van der Waals surface area contributed by atoms with Crippen molar-refractivity contribution in [3.05, 3.63) is 50.4 Å². The molecule has 1 aromatic carbocycles. The van der Waals surface area contributed by atoms with Crippen LogP contribution in [0.2, 0.25) is 0 Å². The molecule has 1 N–H and O–H groups in total. The molecule has 4 rings (SSSR count). The zero-order valence-electron chi connectivity index (χ0n) is 10.9. The monoisotopic (exact) mass is 374 g/mol. The van der Waals surface area contributed by atoms with Gasteiger partial charge in [-0.3, -0.25) is 0 Å². The summed E-state index contributed by atoms with van der Waals surface area (Å²) >= 11 is 4.84. The van der Waals surface area contributed by atoms with E-state index >= 15 is 0 Å². The zero-order valence-corrected chi connectivity index (χ0v) is 13.3. The number of carbonyl (C=O) groups is 1. The Labute approximate surface area is 136 Å². The van der Waals surface area contributed by atoms with Crippen molar-refractivity contribution >= 4 is 49.7 Å². The Bertz CT molecular complexity index is 1060. The van der Waals surface area contributed by atoms with Gasteiger partial charge in [-0.15, -0.1) is 11.3 Å². The van der Waals surface area contributed by atoms with E-state index in [9.17, 15) is 9.90 Å². The molecule has 0 spiro atoms. The first-order valence-electron chi connectivity index (χ1n) is 6.30. The molecule has 0 radical (unpaired) electrons. The van der Waals surface area contributed by atoms with E-state index in [4.69, 9.17) is 4.74 Å². The summed E-state index contributed by atoms with van der Waals surface area (Å²) in [6, 6.07) is 7.04. The number of nitrogens with zero attached hydrogens (tertiary/aromatic N) is 2. The second kappa shape index (κ2) is 4.89. The number of halogens is 1. The maximum Gasteiger partial charge on any atom is 0.439 e. The van der Waals surface area contributed by atoms with Crippen molar-refractivity contribution in [1.82, 2.24) is 4.98 Å². The van der Waals surface area contributed by atoms with E-state index in [0.717, 1.165) is 19.9 Å². The molecule has 22 heavy (non-hydrogen) atoms. The van der Waals surface area contributed by atoms with Gasteiger partial charge in [-0.05, 0) is 35.6 Å². The molecule has 2 aromatic heterocycles. The standard InChI is InChI=1S/C15H7BrN2O3S/c16-9-6-10-11(21-15(20)18-10)4-7(9)5-12-13(19)8-2-1-3-17-14(8)22-12/h1-6,19H. The normalized spacial score (nSPS) is 14.0. The van der Waals surface area contributed by atoms with Crippen LogP contribution >= 0.6 is 27.3 Å². The van der Waals surface area contributed by atoms with Crippen LogP contribution in [0, 0.1) is 0 Å². The first-order chi connectivity index (χ1) is 10.6. The summed E-state index contributed by atoms with van der Waals surface area (Å²) in [4.78, 5) is 20.6. The second-order valence-corrected chi connectivity index (χ2v) is 6.52.